The molecule has 1 aliphatic heterocycles. The largest absolute Gasteiger partial charge is 0.458 e. The van der Waals surface area contributed by atoms with Gasteiger partial charge in [0.25, 0.3) is 0 Å². The predicted octanol–water partition coefficient (Wildman–Crippen LogP) is -0.0230. The van der Waals surface area contributed by atoms with Crippen molar-refractivity contribution in [3.05, 3.63) is 0 Å². The average molecular weight is 232 g/mol. The molecular weight excluding hydrogens is 216 g/mol. The molecule has 1 rings (SSSR count). The molecule has 0 aromatic heterocycles. The lowest BCUT2D eigenvalue weighted by molar-refractivity contribution is -0.255. The fourth-order valence-corrected chi connectivity index (χ4v) is 1.67. The van der Waals surface area contributed by atoms with Crippen LogP contribution in [0.4, 0.5) is 0 Å². The lowest BCUT2D eigenvalue weighted by atomic mass is 10.0. The summed E-state index contributed by atoms with van der Waals surface area (Å²) in [5.41, 5.74) is 0. The van der Waals surface area contributed by atoms with Crippen molar-refractivity contribution in [2.75, 3.05) is 0 Å². The number of aliphatic hydroxyl groups excluding tert-OH is 1. The minimum Gasteiger partial charge on any atom is -0.458 e. The Labute approximate surface area is 93.5 Å². The Kier molecular flexibility index (Phi) is 4.26. The van der Waals surface area contributed by atoms with Crippen molar-refractivity contribution in [1.29, 1.82) is 0 Å². The Morgan fingerprint density at radius 2 is 1.81 bits per heavy atom. The third-order valence-corrected chi connectivity index (χ3v) is 2.20. The number of esters is 2. The van der Waals surface area contributed by atoms with E-state index in [2.05, 4.69) is 0 Å². The molecule has 4 atom stereocenters. The number of aliphatic hydroxyl groups is 1. The normalized spacial score (nSPS) is 34.2. The summed E-state index contributed by atoms with van der Waals surface area (Å²) in [5, 5.41) is 9.58. The van der Waals surface area contributed by atoms with Crippen molar-refractivity contribution in [2.45, 2.75) is 51.8 Å². The highest BCUT2D eigenvalue weighted by atomic mass is 16.7. The molecule has 6 heteroatoms. The summed E-state index contributed by atoms with van der Waals surface area (Å²) in [6.45, 7) is 4.22. The van der Waals surface area contributed by atoms with Crippen molar-refractivity contribution in [1.82, 2.24) is 0 Å². The highest BCUT2D eigenvalue weighted by molar-refractivity contribution is 5.67. The minimum absolute atomic E-state index is 0.258. The fourth-order valence-electron chi connectivity index (χ4n) is 1.67. The van der Waals surface area contributed by atoms with Crippen molar-refractivity contribution in [3.63, 3.8) is 0 Å². The van der Waals surface area contributed by atoms with Crippen LogP contribution in [0.1, 0.15) is 27.2 Å². The van der Waals surface area contributed by atoms with Crippen LogP contribution in [-0.4, -0.2) is 41.6 Å². The molecule has 0 radical (unpaired) electrons. The number of carbonyl (C=O) groups excluding carboxylic acids is 2. The molecule has 0 aromatic rings. The molecular formula is C10H16O6. The molecule has 0 aliphatic carbocycles. The molecule has 6 nitrogen and oxygen atoms in total. The van der Waals surface area contributed by atoms with Gasteiger partial charge in [0.1, 0.15) is 6.10 Å². The van der Waals surface area contributed by atoms with E-state index >= 15 is 0 Å². The second-order valence-corrected chi connectivity index (χ2v) is 3.79. The Hall–Kier alpha value is -1.14. The van der Waals surface area contributed by atoms with E-state index in [0.29, 0.717) is 6.42 Å². The van der Waals surface area contributed by atoms with Crippen LogP contribution in [-0.2, 0) is 23.8 Å². The lowest BCUT2D eigenvalue weighted by Gasteiger charge is -2.36. The van der Waals surface area contributed by atoms with Crippen LogP contribution in [0.15, 0.2) is 0 Å². The van der Waals surface area contributed by atoms with E-state index in [9.17, 15) is 14.7 Å². The molecule has 0 spiro atoms. The summed E-state index contributed by atoms with van der Waals surface area (Å²) in [4.78, 5) is 21.7. The zero-order chi connectivity index (χ0) is 12.3. The number of hydrogen-bond donors (Lipinski definition) is 1. The average Bonchev–Trinajstić information content (AvgIpc) is 2.09. The monoisotopic (exact) mass is 232 g/mol. The number of hydrogen-bond acceptors (Lipinski definition) is 6. The molecule has 0 amide bonds. The van der Waals surface area contributed by atoms with Crippen LogP contribution < -0.4 is 0 Å². The van der Waals surface area contributed by atoms with Crippen LogP contribution in [0.25, 0.3) is 0 Å². The quantitative estimate of drug-likeness (QED) is 0.674. The molecule has 0 saturated carbocycles. The van der Waals surface area contributed by atoms with Gasteiger partial charge in [-0.1, -0.05) is 0 Å². The summed E-state index contributed by atoms with van der Waals surface area (Å²) in [7, 11) is 0. The maximum absolute atomic E-state index is 10.9. The Morgan fingerprint density at radius 1 is 1.25 bits per heavy atom. The first-order chi connectivity index (χ1) is 7.40. The zero-order valence-corrected chi connectivity index (χ0v) is 9.50. The van der Waals surface area contributed by atoms with E-state index in [1.807, 2.05) is 0 Å². The van der Waals surface area contributed by atoms with E-state index in [-0.39, 0.29) is 6.10 Å². The molecule has 16 heavy (non-hydrogen) atoms. The van der Waals surface area contributed by atoms with E-state index in [1.54, 1.807) is 6.92 Å². The Bertz CT molecular complexity index is 276. The first kappa shape index (κ1) is 12.9. The summed E-state index contributed by atoms with van der Waals surface area (Å²) in [6.07, 6.45) is -2.77. The van der Waals surface area contributed by atoms with Gasteiger partial charge in [-0.15, -0.1) is 0 Å². The second kappa shape index (κ2) is 5.27. The van der Waals surface area contributed by atoms with Gasteiger partial charge in [-0.25, -0.2) is 0 Å². The van der Waals surface area contributed by atoms with Crippen molar-refractivity contribution in [3.8, 4) is 0 Å². The smallest absolute Gasteiger partial charge is 0.303 e. The molecule has 92 valence electrons. The van der Waals surface area contributed by atoms with E-state index in [0.717, 1.165) is 0 Å². The number of carbonyl (C=O) groups is 2. The first-order valence-electron chi connectivity index (χ1n) is 5.08. The number of rotatable bonds is 2. The lowest BCUT2D eigenvalue weighted by Crippen LogP contribution is -2.51. The zero-order valence-electron chi connectivity index (χ0n) is 9.50. The van der Waals surface area contributed by atoms with Gasteiger partial charge in [0.05, 0.1) is 6.10 Å². The van der Waals surface area contributed by atoms with Gasteiger partial charge < -0.3 is 19.3 Å². The minimum atomic E-state index is -1.27. The molecule has 1 N–H and O–H groups in total. The molecule has 1 saturated heterocycles. The first-order valence-corrected chi connectivity index (χ1v) is 5.08. The summed E-state index contributed by atoms with van der Waals surface area (Å²) in [6, 6.07) is 0. The van der Waals surface area contributed by atoms with Crippen molar-refractivity contribution in [2.24, 2.45) is 0 Å². The molecule has 0 bridgehead atoms. The SMILES string of the molecule is CC(=O)O[C@@H]1C[C@H](C)OC(O)[C@@H]1OC(C)=O. The topological polar surface area (TPSA) is 82.1 Å². The maximum Gasteiger partial charge on any atom is 0.303 e. The predicted molar refractivity (Wildman–Crippen MR) is 52.3 cm³/mol. The molecule has 1 heterocycles. The van der Waals surface area contributed by atoms with Crippen molar-refractivity contribution < 1.29 is 28.9 Å². The van der Waals surface area contributed by atoms with Crippen LogP contribution >= 0.6 is 0 Å². The third kappa shape index (κ3) is 3.46. The standard InChI is InChI=1S/C10H16O6/c1-5-4-8(15-6(2)11)9(10(13)14-5)16-7(3)12/h5,8-10,13H,4H2,1-3H3/t5-,8+,9+,10?/m0/s1. The van der Waals surface area contributed by atoms with E-state index in [1.165, 1.54) is 13.8 Å². The maximum atomic E-state index is 10.9. The highest BCUT2D eigenvalue weighted by Gasteiger charge is 2.40. The molecule has 1 fully saturated rings. The Balaban J connectivity index is 2.71. The molecule has 1 unspecified atom stereocenters. The Morgan fingerprint density at radius 3 is 2.31 bits per heavy atom. The summed E-state index contributed by atoms with van der Waals surface area (Å²) in [5.74, 6) is -1.04. The van der Waals surface area contributed by atoms with Crippen molar-refractivity contribution >= 4 is 11.9 Å². The van der Waals surface area contributed by atoms with E-state index < -0.39 is 30.4 Å². The van der Waals surface area contributed by atoms with Gasteiger partial charge in [-0.05, 0) is 6.92 Å². The third-order valence-electron chi connectivity index (χ3n) is 2.20. The highest BCUT2D eigenvalue weighted by Crippen LogP contribution is 2.24. The molecule has 1 aliphatic rings. The summed E-state index contributed by atoms with van der Waals surface area (Å²) < 4.78 is 15.0. The van der Waals surface area contributed by atoms with Crippen LogP contribution in [0.2, 0.25) is 0 Å². The van der Waals surface area contributed by atoms with Crippen LogP contribution in [0.5, 0.6) is 0 Å². The fraction of sp³-hybridized carbons (Fsp3) is 0.800. The van der Waals surface area contributed by atoms with Gasteiger partial charge in [-0.3, -0.25) is 9.59 Å². The van der Waals surface area contributed by atoms with Crippen LogP contribution in [0, 0.1) is 0 Å². The molecule has 0 aromatic carbocycles. The van der Waals surface area contributed by atoms with E-state index in [4.69, 9.17) is 14.2 Å². The van der Waals surface area contributed by atoms with Gasteiger partial charge in [-0.2, -0.15) is 0 Å². The van der Waals surface area contributed by atoms with Crippen LogP contribution in [0.3, 0.4) is 0 Å². The summed E-state index contributed by atoms with van der Waals surface area (Å²) >= 11 is 0. The van der Waals surface area contributed by atoms with Gasteiger partial charge in [0, 0.05) is 20.3 Å². The van der Waals surface area contributed by atoms with Gasteiger partial charge in [0.2, 0.25) is 0 Å². The number of ether oxygens (including phenoxy) is 3. The van der Waals surface area contributed by atoms with Gasteiger partial charge >= 0.3 is 11.9 Å². The van der Waals surface area contributed by atoms with Gasteiger partial charge in [0.15, 0.2) is 12.4 Å². The second-order valence-electron chi connectivity index (χ2n) is 3.79.